The number of furan rings is 1. The van der Waals surface area contributed by atoms with E-state index in [9.17, 15) is 14.0 Å². The number of hydrogen-bond donors (Lipinski definition) is 1. The Labute approximate surface area is 181 Å². The Morgan fingerprint density at radius 3 is 2.73 bits per heavy atom. The van der Waals surface area contributed by atoms with E-state index in [-0.39, 0.29) is 36.5 Å². The molecule has 0 atom stereocenters. The van der Waals surface area contributed by atoms with E-state index in [0.29, 0.717) is 23.5 Å². The quantitative estimate of drug-likeness (QED) is 0.505. The Bertz CT molecular complexity index is 1020. The highest BCUT2D eigenvalue weighted by Crippen LogP contribution is 2.20. The van der Waals surface area contributed by atoms with Gasteiger partial charge in [-0.05, 0) is 49.4 Å². The van der Waals surface area contributed by atoms with Crippen molar-refractivity contribution in [2.45, 2.75) is 13.5 Å². The van der Waals surface area contributed by atoms with Crippen molar-refractivity contribution in [3.63, 3.8) is 0 Å². The molecule has 0 aliphatic heterocycles. The predicted molar refractivity (Wildman–Crippen MR) is 114 cm³/mol. The minimum atomic E-state index is -0.388. The number of anilines is 1. The normalized spacial score (nSPS) is 10.5. The van der Waals surface area contributed by atoms with Crippen molar-refractivity contribution in [1.82, 2.24) is 4.90 Å². The van der Waals surface area contributed by atoms with Gasteiger partial charge < -0.3 is 19.4 Å². The van der Waals surface area contributed by atoms with Gasteiger partial charge in [-0.15, -0.1) is 0 Å². The lowest BCUT2D eigenvalue weighted by molar-refractivity contribution is -0.133. The van der Waals surface area contributed by atoms with Crippen LogP contribution in [0, 0.1) is 5.82 Å². The number of amides is 2. The topological polar surface area (TPSA) is 71.8 Å². The average Bonchev–Trinajstić information content (AvgIpc) is 3.28. The third kappa shape index (κ3) is 5.70. The molecule has 0 unspecified atom stereocenters. The van der Waals surface area contributed by atoms with Gasteiger partial charge in [0.1, 0.15) is 11.6 Å². The van der Waals surface area contributed by atoms with Crippen molar-refractivity contribution in [1.29, 1.82) is 0 Å². The molecule has 2 amide bonds. The van der Waals surface area contributed by atoms with Gasteiger partial charge in [0.05, 0.1) is 6.26 Å². The molecule has 1 N–H and O–H groups in total. The van der Waals surface area contributed by atoms with Crippen LogP contribution in [0.15, 0.2) is 69.8 Å². The zero-order chi connectivity index (χ0) is 21.5. The van der Waals surface area contributed by atoms with Gasteiger partial charge in [0, 0.05) is 34.9 Å². The van der Waals surface area contributed by atoms with Crippen molar-refractivity contribution >= 4 is 33.4 Å². The highest BCUT2D eigenvalue weighted by Gasteiger charge is 2.16. The highest BCUT2D eigenvalue weighted by atomic mass is 79.9. The van der Waals surface area contributed by atoms with E-state index in [1.54, 1.807) is 48.5 Å². The maximum atomic E-state index is 14.0. The Balaban J connectivity index is 1.59. The number of benzene rings is 2. The number of rotatable bonds is 8. The molecule has 156 valence electrons. The Kier molecular flexibility index (Phi) is 7.24. The van der Waals surface area contributed by atoms with Gasteiger partial charge >= 0.3 is 0 Å². The number of nitrogens with one attached hydrogen (secondary N) is 1. The minimum absolute atomic E-state index is 0.142. The second-order valence-corrected chi connectivity index (χ2v) is 7.31. The molecule has 0 aliphatic rings. The van der Waals surface area contributed by atoms with Gasteiger partial charge in [-0.2, -0.15) is 0 Å². The number of likely N-dealkylation sites (N-methyl/N-ethyl adjacent to an activating group) is 1. The summed E-state index contributed by atoms with van der Waals surface area (Å²) in [5.41, 5.74) is 0.923. The standard InChI is InChI=1S/C22H20BrFN2O4/c1-2-26(13-15-11-16(23)8-9-19(15)24)21(27)14-30-18-6-3-5-17(12-18)25-22(28)20-7-4-10-29-20/h3-12H,2,13-14H2,1H3,(H,25,28). The fraction of sp³-hybridized carbons (Fsp3) is 0.182. The van der Waals surface area contributed by atoms with Crippen LogP contribution < -0.4 is 10.1 Å². The largest absolute Gasteiger partial charge is 0.484 e. The minimum Gasteiger partial charge on any atom is -0.484 e. The number of carbonyl (C=O) groups excluding carboxylic acids is 2. The van der Waals surface area contributed by atoms with Crippen LogP contribution in [0.1, 0.15) is 23.0 Å². The molecule has 30 heavy (non-hydrogen) atoms. The van der Waals surface area contributed by atoms with Crippen molar-refractivity contribution in [3.8, 4) is 5.75 Å². The van der Waals surface area contributed by atoms with E-state index in [0.717, 1.165) is 4.47 Å². The van der Waals surface area contributed by atoms with Gasteiger partial charge in [0.15, 0.2) is 12.4 Å². The average molecular weight is 475 g/mol. The SMILES string of the molecule is CCN(Cc1cc(Br)ccc1F)C(=O)COc1cccc(NC(=O)c2ccco2)c1. The molecule has 0 saturated heterocycles. The van der Waals surface area contributed by atoms with Gasteiger partial charge in [0.2, 0.25) is 0 Å². The summed E-state index contributed by atoms with van der Waals surface area (Å²) in [5, 5.41) is 2.70. The first-order valence-corrected chi connectivity index (χ1v) is 10.0. The zero-order valence-corrected chi connectivity index (χ0v) is 17.8. The molecule has 0 radical (unpaired) electrons. The third-order valence-corrected chi connectivity index (χ3v) is 4.80. The first-order chi connectivity index (χ1) is 14.5. The summed E-state index contributed by atoms with van der Waals surface area (Å²) in [6.45, 7) is 2.16. The molecular weight excluding hydrogens is 455 g/mol. The molecule has 0 spiro atoms. The van der Waals surface area contributed by atoms with Crippen molar-refractivity contribution in [3.05, 3.63) is 82.5 Å². The van der Waals surface area contributed by atoms with E-state index in [4.69, 9.17) is 9.15 Å². The van der Waals surface area contributed by atoms with E-state index >= 15 is 0 Å². The fourth-order valence-corrected chi connectivity index (χ4v) is 3.16. The van der Waals surface area contributed by atoms with Crippen molar-refractivity contribution in [2.75, 3.05) is 18.5 Å². The molecule has 1 heterocycles. The van der Waals surface area contributed by atoms with Gasteiger partial charge in [0.25, 0.3) is 11.8 Å². The molecular formula is C22H20BrFN2O4. The summed E-state index contributed by atoms with van der Waals surface area (Å²) in [6.07, 6.45) is 1.42. The molecule has 6 nitrogen and oxygen atoms in total. The molecule has 8 heteroatoms. The van der Waals surface area contributed by atoms with E-state index < -0.39 is 0 Å². The van der Waals surface area contributed by atoms with Gasteiger partial charge in [-0.1, -0.05) is 22.0 Å². The molecule has 3 aromatic rings. The van der Waals surface area contributed by atoms with Crippen LogP contribution >= 0.6 is 15.9 Å². The van der Waals surface area contributed by atoms with Crippen LogP contribution in [0.25, 0.3) is 0 Å². The van der Waals surface area contributed by atoms with E-state index in [1.165, 1.54) is 17.2 Å². The smallest absolute Gasteiger partial charge is 0.291 e. The number of halogens is 2. The van der Waals surface area contributed by atoms with Crippen LogP contribution in [0.5, 0.6) is 5.75 Å². The molecule has 3 rings (SSSR count). The van der Waals surface area contributed by atoms with Crippen LogP contribution in [0.3, 0.4) is 0 Å². The lowest BCUT2D eigenvalue weighted by Crippen LogP contribution is -2.34. The summed E-state index contributed by atoms with van der Waals surface area (Å²) in [6, 6.07) is 14.5. The molecule has 0 aliphatic carbocycles. The number of ether oxygens (including phenoxy) is 1. The van der Waals surface area contributed by atoms with Crippen LogP contribution in [-0.2, 0) is 11.3 Å². The van der Waals surface area contributed by atoms with Crippen LogP contribution in [0.2, 0.25) is 0 Å². The maximum absolute atomic E-state index is 14.0. The van der Waals surface area contributed by atoms with Crippen molar-refractivity contribution < 1.29 is 23.1 Å². The first kappa shape index (κ1) is 21.6. The molecule has 0 saturated carbocycles. The predicted octanol–water partition coefficient (Wildman–Crippen LogP) is 4.86. The summed E-state index contributed by atoms with van der Waals surface area (Å²) in [5.74, 6) is -0.422. The second kappa shape index (κ2) is 10.1. The van der Waals surface area contributed by atoms with Crippen molar-refractivity contribution in [2.24, 2.45) is 0 Å². The fourth-order valence-electron chi connectivity index (χ4n) is 2.75. The highest BCUT2D eigenvalue weighted by molar-refractivity contribution is 9.10. The molecule has 1 aromatic heterocycles. The molecule has 0 bridgehead atoms. The first-order valence-electron chi connectivity index (χ1n) is 9.25. The second-order valence-electron chi connectivity index (χ2n) is 6.39. The van der Waals surface area contributed by atoms with E-state index in [1.807, 2.05) is 6.92 Å². The summed E-state index contributed by atoms with van der Waals surface area (Å²) >= 11 is 3.31. The zero-order valence-electron chi connectivity index (χ0n) is 16.2. The summed E-state index contributed by atoms with van der Waals surface area (Å²) in [7, 11) is 0. The lowest BCUT2D eigenvalue weighted by Gasteiger charge is -2.21. The van der Waals surface area contributed by atoms with Gasteiger partial charge in [-0.3, -0.25) is 9.59 Å². The Morgan fingerprint density at radius 1 is 1.17 bits per heavy atom. The lowest BCUT2D eigenvalue weighted by atomic mass is 10.2. The van der Waals surface area contributed by atoms with E-state index in [2.05, 4.69) is 21.2 Å². The molecule has 2 aromatic carbocycles. The maximum Gasteiger partial charge on any atom is 0.291 e. The van der Waals surface area contributed by atoms with Crippen LogP contribution in [0.4, 0.5) is 10.1 Å². The number of nitrogens with zero attached hydrogens (tertiary/aromatic N) is 1. The van der Waals surface area contributed by atoms with Gasteiger partial charge in [-0.25, -0.2) is 4.39 Å². The Hall–Kier alpha value is -3.13. The van der Waals surface area contributed by atoms with Crippen LogP contribution in [-0.4, -0.2) is 29.9 Å². The number of carbonyl (C=O) groups is 2. The summed E-state index contributed by atoms with van der Waals surface area (Å²) < 4.78 is 25.4. The summed E-state index contributed by atoms with van der Waals surface area (Å²) in [4.78, 5) is 26.1. The third-order valence-electron chi connectivity index (χ3n) is 4.30. The molecule has 0 fully saturated rings. The number of hydrogen-bond acceptors (Lipinski definition) is 4. The monoisotopic (exact) mass is 474 g/mol. The Morgan fingerprint density at radius 2 is 2.00 bits per heavy atom.